The minimum Gasteiger partial charge on any atom is -0.394 e. The summed E-state index contributed by atoms with van der Waals surface area (Å²) in [7, 11) is 0. The number of rotatable bonds is 14. The van der Waals surface area contributed by atoms with Crippen LogP contribution in [0.4, 0.5) is 0 Å². The van der Waals surface area contributed by atoms with Crippen molar-refractivity contribution < 1.29 is 99.9 Å². The van der Waals surface area contributed by atoms with Crippen LogP contribution in [0.1, 0.15) is 99.8 Å². The molecule has 0 bridgehead atoms. The van der Waals surface area contributed by atoms with Crippen LogP contribution in [-0.4, -0.2) is 214 Å². The highest BCUT2D eigenvalue weighted by Gasteiger charge is 2.73. The molecule has 0 aromatic carbocycles. The van der Waals surface area contributed by atoms with Crippen molar-refractivity contribution in [2.75, 3.05) is 26.4 Å². The van der Waals surface area contributed by atoms with Crippen molar-refractivity contribution in [2.24, 2.45) is 45.3 Å². The molecular formula is C48H82O20. The van der Waals surface area contributed by atoms with Gasteiger partial charge in [0.15, 0.2) is 18.9 Å². The number of aliphatic hydroxyl groups is 14. The Balaban J connectivity index is 1.13. The number of hydrogen-bond donors (Lipinski definition) is 14. The van der Waals surface area contributed by atoms with Gasteiger partial charge in [-0.25, -0.2) is 0 Å². The van der Waals surface area contributed by atoms with E-state index >= 15 is 0 Å². The Labute approximate surface area is 398 Å². The highest BCUT2D eigenvalue weighted by molar-refractivity contribution is 5.22. The molecule has 26 unspecified atom stereocenters. The summed E-state index contributed by atoms with van der Waals surface area (Å²) in [5.74, 6) is -0.996. The molecule has 68 heavy (non-hydrogen) atoms. The number of hydrogen-bond acceptors (Lipinski definition) is 20. The zero-order chi connectivity index (χ0) is 50.2. The fourth-order valence-corrected chi connectivity index (χ4v) is 14.7. The van der Waals surface area contributed by atoms with Gasteiger partial charge in [0.05, 0.1) is 50.3 Å². The second kappa shape index (κ2) is 20.3. The van der Waals surface area contributed by atoms with E-state index in [1.165, 1.54) is 0 Å². The SMILES string of the molecule is CC(=CCCC(C)(OC1OC(COC2OC(CO)C(O)C(O)C2O)C(O)C(O)C1O)C1CCC2(C)C1C(O)CC1C3(C)C(O)CC(OC4OC(CO)C(O)C(O)C4O)C(C)(C)C3CCC12C)CO. The average Bonchev–Trinajstić information content (AvgIpc) is 3.69. The van der Waals surface area contributed by atoms with Crippen LogP contribution in [-0.2, 0) is 28.4 Å². The number of aliphatic hydroxyl groups excluding tert-OH is 14. The fourth-order valence-electron chi connectivity index (χ4n) is 14.7. The van der Waals surface area contributed by atoms with Gasteiger partial charge in [-0.05, 0) is 98.7 Å². The zero-order valence-electron chi connectivity index (χ0n) is 40.5. The quantitative estimate of drug-likeness (QED) is 0.0656. The van der Waals surface area contributed by atoms with Crippen LogP contribution >= 0.6 is 0 Å². The molecule has 7 fully saturated rings. The molecule has 20 nitrogen and oxygen atoms in total. The Hall–Kier alpha value is -1.06. The van der Waals surface area contributed by atoms with Gasteiger partial charge in [-0.1, -0.05) is 46.3 Å². The molecule has 4 saturated carbocycles. The summed E-state index contributed by atoms with van der Waals surface area (Å²) in [6, 6.07) is 0. The van der Waals surface area contributed by atoms with Crippen LogP contribution in [0, 0.1) is 45.3 Å². The molecule has 7 rings (SSSR count). The van der Waals surface area contributed by atoms with Crippen molar-refractivity contribution >= 4 is 0 Å². The number of fused-ring (bicyclic) bond motifs is 5. The van der Waals surface area contributed by atoms with Crippen molar-refractivity contribution in [1.29, 1.82) is 0 Å². The molecule has 3 heterocycles. The summed E-state index contributed by atoms with van der Waals surface area (Å²) in [4.78, 5) is 0. The third kappa shape index (κ3) is 9.09. The first-order valence-corrected chi connectivity index (χ1v) is 24.7. The first-order valence-electron chi connectivity index (χ1n) is 24.7. The van der Waals surface area contributed by atoms with Gasteiger partial charge < -0.3 is 99.9 Å². The van der Waals surface area contributed by atoms with E-state index in [9.17, 15) is 71.5 Å². The normalized spacial score (nSPS) is 52.7. The molecule has 20 heteroatoms. The molecule has 3 aliphatic heterocycles. The van der Waals surface area contributed by atoms with E-state index < -0.39 is 158 Å². The molecule has 4 aliphatic carbocycles. The Morgan fingerprint density at radius 3 is 1.75 bits per heavy atom. The van der Waals surface area contributed by atoms with Crippen LogP contribution in [0.3, 0.4) is 0 Å². The predicted molar refractivity (Wildman–Crippen MR) is 236 cm³/mol. The number of ether oxygens (including phenoxy) is 6. The van der Waals surface area contributed by atoms with Gasteiger partial charge in [0.25, 0.3) is 0 Å². The first-order chi connectivity index (χ1) is 31.8. The van der Waals surface area contributed by atoms with Crippen molar-refractivity contribution in [1.82, 2.24) is 0 Å². The van der Waals surface area contributed by atoms with E-state index in [4.69, 9.17) is 28.4 Å². The van der Waals surface area contributed by atoms with Crippen LogP contribution < -0.4 is 0 Å². The van der Waals surface area contributed by atoms with Gasteiger partial charge in [-0.15, -0.1) is 0 Å². The molecule has 14 N–H and O–H groups in total. The van der Waals surface area contributed by atoms with Gasteiger partial charge in [-0.2, -0.15) is 0 Å². The lowest BCUT2D eigenvalue weighted by molar-refractivity contribution is -0.351. The third-order valence-corrected chi connectivity index (χ3v) is 19.1. The van der Waals surface area contributed by atoms with Gasteiger partial charge in [-0.3, -0.25) is 0 Å². The number of allylic oxidation sites excluding steroid dienone is 1. The molecule has 3 saturated heterocycles. The molecule has 0 radical (unpaired) electrons. The summed E-state index contributed by atoms with van der Waals surface area (Å²) >= 11 is 0. The van der Waals surface area contributed by atoms with E-state index in [1.807, 2.05) is 13.0 Å². The summed E-state index contributed by atoms with van der Waals surface area (Å²) < 4.78 is 36.3. The summed E-state index contributed by atoms with van der Waals surface area (Å²) in [6.45, 7) is 12.4. The molecule has 0 aromatic heterocycles. The lowest BCUT2D eigenvalue weighted by Crippen LogP contribution is -2.70. The van der Waals surface area contributed by atoms with Gasteiger partial charge in [0.2, 0.25) is 0 Å². The van der Waals surface area contributed by atoms with Crippen LogP contribution in [0.15, 0.2) is 11.6 Å². The molecule has 7 aliphatic rings. The van der Waals surface area contributed by atoms with E-state index in [2.05, 4.69) is 34.6 Å². The maximum Gasteiger partial charge on any atom is 0.187 e. The summed E-state index contributed by atoms with van der Waals surface area (Å²) in [5, 5.41) is 151. The Morgan fingerprint density at radius 1 is 0.632 bits per heavy atom. The highest BCUT2D eigenvalue weighted by Crippen LogP contribution is 2.76. The van der Waals surface area contributed by atoms with Crippen molar-refractivity contribution in [3.63, 3.8) is 0 Å². The van der Waals surface area contributed by atoms with Crippen molar-refractivity contribution in [3.8, 4) is 0 Å². The molecular weight excluding hydrogens is 897 g/mol. The van der Waals surface area contributed by atoms with Crippen LogP contribution in [0.2, 0.25) is 0 Å². The minimum atomic E-state index is -1.78. The minimum absolute atomic E-state index is 0.129. The van der Waals surface area contributed by atoms with Crippen LogP contribution in [0.25, 0.3) is 0 Å². The van der Waals surface area contributed by atoms with Crippen molar-refractivity contribution in [2.45, 2.75) is 216 Å². The van der Waals surface area contributed by atoms with Crippen LogP contribution in [0.5, 0.6) is 0 Å². The standard InChI is InChI=1S/C48H82O20/c1-21(17-49)9-8-12-47(6,68-43-40(62)37(59)34(56)26(66-43)20-63-41-38(60)35(57)32(54)24(18-50)64-41)22-10-13-46(5)31(22)23(52)15-28-45(46,4)14-11-27-44(2,3)30(16-29(53)48(27,28)7)67-42-39(61)36(58)33(55)25(19-51)65-42/h9,22-43,49-62H,8,10-20H2,1-7H3. The maximum atomic E-state index is 12.7. The summed E-state index contributed by atoms with van der Waals surface area (Å²) in [5.41, 5.74) is -2.67. The summed E-state index contributed by atoms with van der Waals surface area (Å²) in [6.07, 6.45) is -19.8. The largest absolute Gasteiger partial charge is 0.394 e. The molecule has 394 valence electrons. The second-order valence-corrected chi connectivity index (χ2v) is 22.9. The Bertz CT molecular complexity index is 1740. The maximum absolute atomic E-state index is 12.7. The molecule has 0 aromatic rings. The van der Waals surface area contributed by atoms with Gasteiger partial charge >= 0.3 is 0 Å². The lowest BCUT2D eigenvalue weighted by atomic mass is 9.34. The fraction of sp³-hybridized carbons (Fsp3) is 0.958. The molecule has 26 atom stereocenters. The monoisotopic (exact) mass is 979 g/mol. The van der Waals surface area contributed by atoms with Crippen molar-refractivity contribution in [3.05, 3.63) is 11.6 Å². The second-order valence-electron chi connectivity index (χ2n) is 22.9. The van der Waals surface area contributed by atoms with E-state index in [0.717, 1.165) is 12.0 Å². The van der Waals surface area contributed by atoms with E-state index in [-0.39, 0.29) is 36.7 Å². The zero-order valence-corrected chi connectivity index (χ0v) is 40.5. The Kier molecular flexibility index (Phi) is 16.4. The Morgan fingerprint density at radius 2 is 1.16 bits per heavy atom. The molecule has 0 amide bonds. The highest BCUT2D eigenvalue weighted by atomic mass is 16.7. The first kappa shape index (κ1) is 54.7. The third-order valence-electron chi connectivity index (χ3n) is 19.1. The van der Waals surface area contributed by atoms with Gasteiger partial charge in [0.1, 0.15) is 73.2 Å². The van der Waals surface area contributed by atoms with E-state index in [1.54, 1.807) is 6.92 Å². The molecule has 0 spiro atoms. The topological polar surface area (TPSA) is 339 Å². The smallest absolute Gasteiger partial charge is 0.187 e. The lowest BCUT2D eigenvalue weighted by Gasteiger charge is -2.71. The predicted octanol–water partition coefficient (Wildman–Crippen LogP) is -2.08. The van der Waals surface area contributed by atoms with E-state index in [0.29, 0.717) is 38.5 Å². The van der Waals surface area contributed by atoms with Gasteiger partial charge in [0, 0.05) is 11.8 Å². The average molecular weight is 979 g/mol.